The summed E-state index contributed by atoms with van der Waals surface area (Å²) < 4.78 is 0. The highest BCUT2D eigenvalue weighted by Gasteiger charge is 2.12. The van der Waals surface area contributed by atoms with Gasteiger partial charge in [0.1, 0.15) is 11.8 Å². The minimum Gasteiger partial charge on any atom is -0.359 e. The van der Waals surface area contributed by atoms with Gasteiger partial charge in [-0.05, 0) is 12.1 Å². The molecule has 72 valence electrons. The molecular formula is C10H13N4+. The van der Waals surface area contributed by atoms with Crippen molar-refractivity contribution < 1.29 is 5.32 Å². The Hall–Kier alpha value is -1.60. The zero-order valence-electron chi connectivity index (χ0n) is 7.98. The zero-order valence-corrected chi connectivity index (χ0v) is 7.98. The number of aromatic nitrogens is 1. The third-order valence-corrected chi connectivity index (χ3v) is 2.43. The number of nitrogens with two attached hydrogens (primary N) is 1. The molecule has 0 aliphatic carbocycles. The first-order valence-corrected chi connectivity index (χ1v) is 4.83. The minimum atomic E-state index is 0.484. The number of hydrogen-bond donors (Lipinski definition) is 1. The summed E-state index contributed by atoms with van der Waals surface area (Å²) in [7, 11) is 0. The van der Waals surface area contributed by atoms with Crippen LogP contribution in [-0.4, -0.2) is 31.2 Å². The normalized spacial score (nSPS) is 16.4. The van der Waals surface area contributed by atoms with Crippen molar-refractivity contribution >= 4 is 5.69 Å². The molecule has 0 unspecified atom stereocenters. The predicted octanol–water partition coefficient (Wildman–Crippen LogP) is -0.663. The SMILES string of the molecule is N#Cc1ccc(N2CC[NH2+]CC2)cn1. The van der Waals surface area contributed by atoms with Crippen LogP contribution in [-0.2, 0) is 0 Å². The molecule has 0 atom stereocenters. The van der Waals surface area contributed by atoms with Gasteiger partial charge < -0.3 is 10.2 Å². The van der Waals surface area contributed by atoms with Crippen molar-refractivity contribution in [3.05, 3.63) is 24.0 Å². The Bertz CT molecular complexity index is 332. The van der Waals surface area contributed by atoms with Crippen molar-refractivity contribution in [2.24, 2.45) is 0 Å². The van der Waals surface area contributed by atoms with E-state index in [1.807, 2.05) is 12.1 Å². The van der Waals surface area contributed by atoms with Crippen LogP contribution in [0, 0.1) is 11.3 Å². The van der Waals surface area contributed by atoms with Gasteiger partial charge in [-0.2, -0.15) is 5.26 Å². The van der Waals surface area contributed by atoms with Gasteiger partial charge in [0, 0.05) is 0 Å². The number of rotatable bonds is 1. The summed E-state index contributed by atoms with van der Waals surface area (Å²) in [6.45, 7) is 4.40. The number of nitriles is 1. The van der Waals surface area contributed by atoms with Crippen molar-refractivity contribution in [1.82, 2.24) is 4.98 Å². The van der Waals surface area contributed by atoms with Gasteiger partial charge in [0.25, 0.3) is 0 Å². The maximum atomic E-state index is 8.61. The molecule has 1 saturated heterocycles. The van der Waals surface area contributed by atoms with E-state index in [4.69, 9.17) is 5.26 Å². The second-order valence-corrected chi connectivity index (χ2v) is 3.37. The van der Waals surface area contributed by atoms with Gasteiger partial charge in [-0.25, -0.2) is 4.98 Å². The molecule has 1 aliphatic rings. The standard InChI is InChI=1S/C10H12N4/c11-7-9-1-2-10(8-13-9)14-5-3-12-4-6-14/h1-2,8,12H,3-6H2/p+1. The van der Waals surface area contributed by atoms with E-state index in [0.717, 1.165) is 31.9 Å². The van der Waals surface area contributed by atoms with Crippen molar-refractivity contribution in [2.75, 3.05) is 31.1 Å². The lowest BCUT2D eigenvalue weighted by molar-refractivity contribution is -0.655. The molecule has 0 saturated carbocycles. The summed E-state index contributed by atoms with van der Waals surface area (Å²) in [5.74, 6) is 0. The molecule has 0 bridgehead atoms. The first kappa shape index (κ1) is 8.97. The van der Waals surface area contributed by atoms with Gasteiger partial charge in [0.15, 0.2) is 0 Å². The van der Waals surface area contributed by atoms with Gasteiger partial charge in [-0.15, -0.1) is 0 Å². The van der Waals surface area contributed by atoms with Crippen LogP contribution in [0.3, 0.4) is 0 Å². The van der Waals surface area contributed by atoms with Crippen molar-refractivity contribution in [3.8, 4) is 6.07 Å². The van der Waals surface area contributed by atoms with Crippen LogP contribution in [0.2, 0.25) is 0 Å². The molecule has 1 fully saturated rings. The summed E-state index contributed by atoms with van der Waals surface area (Å²) >= 11 is 0. The average Bonchev–Trinajstić information content (AvgIpc) is 2.30. The minimum absolute atomic E-state index is 0.484. The fourth-order valence-electron chi connectivity index (χ4n) is 1.65. The van der Waals surface area contributed by atoms with E-state index in [2.05, 4.69) is 15.2 Å². The fraction of sp³-hybridized carbons (Fsp3) is 0.400. The van der Waals surface area contributed by atoms with Crippen molar-refractivity contribution in [3.63, 3.8) is 0 Å². The average molecular weight is 189 g/mol. The lowest BCUT2D eigenvalue weighted by Gasteiger charge is -2.26. The van der Waals surface area contributed by atoms with E-state index in [-0.39, 0.29) is 0 Å². The zero-order chi connectivity index (χ0) is 9.80. The van der Waals surface area contributed by atoms with E-state index in [1.165, 1.54) is 0 Å². The predicted molar refractivity (Wildman–Crippen MR) is 52.8 cm³/mol. The smallest absolute Gasteiger partial charge is 0.140 e. The van der Waals surface area contributed by atoms with Crippen molar-refractivity contribution in [2.45, 2.75) is 0 Å². The van der Waals surface area contributed by atoms with E-state index in [9.17, 15) is 0 Å². The Labute approximate surface area is 83.2 Å². The molecule has 1 aromatic heterocycles. The third kappa shape index (κ3) is 1.83. The number of hydrogen-bond acceptors (Lipinski definition) is 3. The van der Waals surface area contributed by atoms with Gasteiger partial charge in [0.2, 0.25) is 0 Å². The number of piperazine rings is 1. The number of nitrogens with zero attached hydrogens (tertiary/aromatic N) is 3. The first-order chi connectivity index (χ1) is 6.90. The number of anilines is 1. The molecule has 2 rings (SSSR count). The largest absolute Gasteiger partial charge is 0.359 e. The van der Waals surface area contributed by atoms with Crippen LogP contribution in [0.15, 0.2) is 18.3 Å². The topological polar surface area (TPSA) is 56.5 Å². The summed E-state index contributed by atoms with van der Waals surface area (Å²) in [5, 5.41) is 10.9. The van der Waals surface area contributed by atoms with Crippen LogP contribution >= 0.6 is 0 Å². The van der Waals surface area contributed by atoms with Crippen LogP contribution < -0.4 is 10.2 Å². The van der Waals surface area contributed by atoms with E-state index in [0.29, 0.717) is 5.69 Å². The molecule has 0 aromatic carbocycles. The monoisotopic (exact) mass is 189 g/mol. The Kier molecular flexibility index (Phi) is 2.61. The Morgan fingerprint density at radius 1 is 1.36 bits per heavy atom. The molecule has 0 spiro atoms. The highest BCUT2D eigenvalue weighted by atomic mass is 15.2. The molecule has 0 amide bonds. The van der Waals surface area contributed by atoms with E-state index in [1.54, 1.807) is 12.3 Å². The Morgan fingerprint density at radius 3 is 2.71 bits per heavy atom. The first-order valence-electron chi connectivity index (χ1n) is 4.83. The molecular weight excluding hydrogens is 176 g/mol. The van der Waals surface area contributed by atoms with Crippen molar-refractivity contribution in [1.29, 1.82) is 5.26 Å². The van der Waals surface area contributed by atoms with Gasteiger partial charge >= 0.3 is 0 Å². The lowest BCUT2D eigenvalue weighted by atomic mass is 10.3. The Balaban J connectivity index is 2.12. The Morgan fingerprint density at radius 2 is 2.14 bits per heavy atom. The van der Waals surface area contributed by atoms with E-state index >= 15 is 0 Å². The summed E-state index contributed by atoms with van der Waals surface area (Å²) in [4.78, 5) is 6.36. The quantitative estimate of drug-likeness (QED) is 0.638. The summed E-state index contributed by atoms with van der Waals surface area (Å²) in [6.07, 6.45) is 1.78. The van der Waals surface area contributed by atoms with Crippen LogP contribution in [0.1, 0.15) is 5.69 Å². The second-order valence-electron chi connectivity index (χ2n) is 3.37. The van der Waals surface area contributed by atoms with Crippen LogP contribution in [0.25, 0.3) is 0 Å². The maximum Gasteiger partial charge on any atom is 0.140 e. The summed E-state index contributed by atoms with van der Waals surface area (Å²) in [6, 6.07) is 5.76. The van der Waals surface area contributed by atoms with Gasteiger partial charge in [0.05, 0.1) is 38.1 Å². The molecule has 0 radical (unpaired) electrons. The molecule has 4 heteroatoms. The highest BCUT2D eigenvalue weighted by Crippen LogP contribution is 2.12. The lowest BCUT2D eigenvalue weighted by Crippen LogP contribution is -2.89. The molecule has 2 N–H and O–H groups in total. The third-order valence-electron chi connectivity index (χ3n) is 2.43. The second kappa shape index (κ2) is 4.07. The maximum absolute atomic E-state index is 8.61. The molecule has 2 heterocycles. The summed E-state index contributed by atoms with van der Waals surface area (Å²) in [5.41, 5.74) is 1.61. The molecule has 14 heavy (non-hydrogen) atoms. The highest BCUT2D eigenvalue weighted by molar-refractivity contribution is 5.45. The van der Waals surface area contributed by atoms with Crippen LogP contribution in [0.5, 0.6) is 0 Å². The number of pyridine rings is 1. The number of quaternary nitrogens is 1. The van der Waals surface area contributed by atoms with Gasteiger partial charge in [-0.1, -0.05) is 0 Å². The molecule has 1 aromatic rings. The fourth-order valence-corrected chi connectivity index (χ4v) is 1.65. The van der Waals surface area contributed by atoms with Gasteiger partial charge in [-0.3, -0.25) is 0 Å². The molecule has 4 nitrogen and oxygen atoms in total. The van der Waals surface area contributed by atoms with E-state index < -0.39 is 0 Å². The van der Waals surface area contributed by atoms with Crippen LogP contribution in [0.4, 0.5) is 5.69 Å². The molecule has 1 aliphatic heterocycles.